The average Bonchev–Trinajstić information content (AvgIpc) is 3.63. The van der Waals surface area contributed by atoms with E-state index in [9.17, 15) is 9.18 Å². The fourth-order valence-electron chi connectivity index (χ4n) is 5.84. The van der Waals surface area contributed by atoms with E-state index in [1.807, 2.05) is 48.0 Å². The molecule has 2 aromatic carbocycles. The minimum Gasteiger partial charge on any atom is -0.494 e. The number of hydrogen-bond donors (Lipinski definition) is 1. The highest BCUT2D eigenvalue weighted by Crippen LogP contribution is 2.34. The molecule has 1 saturated carbocycles. The number of nitrogens with zero attached hydrogens (tertiary/aromatic N) is 6. The number of rotatable bonds is 7. The van der Waals surface area contributed by atoms with E-state index in [2.05, 4.69) is 30.3 Å². The Morgan fingerprint density at radius 1 is 1.05 bits per heavy atom. The Hall–Kier alpha value is -3.79. The van der Waals surface area contributed by atoms with Crippen molar-refractivity contribution in [2.45, 2.75) is 44.7 Å². The molecule has 198 valence electrons. The third-order valence-electron chi connectivity index (χ3n) is 7.75. The van der Waals surface area contributed by atoms with Crippen LogP contribution >= 0.6 is 0 Å². The van der Waals surface area contributed by atoms with Gasteiger partial charge in [0.15, 0.2) is 5.82 Å². The molecule has 4 aromatic rings. The number of aromatic amines is 1. The summed E-state index contributed by atoms with van der Waals surface area (Å²) in [4.78, 5) is 21.1. The molecule has 1 atom stereocenters. The summed E-state index contributed by atoms with van der Waals surface area (Å²) in [6.07, 6.45) is 4.38. The van der Waals surface area contributed by atoms with Gasteiger partial charge in [-0.2, -0.15) is 0 Å². The van der Waals surface area contributed by atoms with Crippen molar-refractivity contribution >= 4 is 16.6 Å². The number of pyridine rings is 1. The Labute approximate surface area is 220 Å². The minimum atomic E-state index is -0.398. The molecular formula is C28H32FN7O2. The number of halogens is 1. The van der Waals surface area contributed by atoms with Crippen LogP contribution in [0.15, 0.2) is 53.3 Å². The van der Waals surface area contributed by atoms with Gasteiger partial charge in [-0.05, 0) is 78.7 Å². The predicted molar refractivity (Wildman–Crippen MR) is 143 cm³/mol. The van der Waals surface area contributed by atoms with E-state index < -0.39 is 6.04 Å². The highest BCUT2D eigenvalue weighted by molar-refractivity contribution is 5.80. The molecule has 1 unspecified atom stereocenters. The number of H-pyrrole nitrogens is 1. The van der Waals surface area contributed by atoms with Crippen LogP contribution in [0.2, 0.25) is 0 Å². The molecule has 3 heterocycles. The van der Waals surface area contributed by atoms with Crippen molar-refractivity contribution in [2.24, 2.45) is 0 Å². The number of anilines is 1. The fraction of sp³-hybridized carbons (Fsp3) is 0.429. The van der Waals surface area contributed by atoms with Gasteiger partial charge < -0.3 is 14.6 Å². The first-order valence-corrected chi connectivity index (χ1v) is 13.4. The van der Waals surface area contributed by atoms with Gasteiger partial charge in [0.2, 0.25) is 0 Å². The lowest BCUT2D eigenvalue weighted by atomic mass is 10.0. The summed E-state index contributed by atoms with van der Waals surface area (Å²) in [7, 11) is 0. The van der Waals surface area contributed by atoms with Crippen molar-refractivity contribution in [3.05, 3.63) is 76.1 Å². The summed E-state index contributed by atoms with van der Waals surface area (Å²) in [5.41, 5.74) is 2.23. The molecule has 9 nitrogen and oxygen atoms in total. The molecule has 1 aliphatic heterocycles. The Morgan fingerprint density at radius 3 is 2.55 bits per heavy atom. The van der Waals surface area contributed by atoms with Gasteiger partial charge in [-0.15, -0.1) is 5.10 Å². The Morgan fingerprint density at radius 2 is 1.82 bits per heavy atom. The van der Waals surface area contributed by atoms with Crippen LogP contribution in [0.1, 0.15) is 56.1 Å². The highest BCUT2D eigenvalue weighted by Gasteiger charge is 2.34. The third kappa shape index (κ3) is 4.76. The molecule has 0 bridgehead atoms. The number of nitrogens with one attached hydrogen (secondary N) is 1. The zero-order valence-corrected chi connectivity index (χ0v) is 21.5. The lowest BCUT2D eigenvalue weighted by Gasteiger charge is -2.39. The monoisotopic (exact) mass is 517 g/mol. The highest BCUT2D eigenvalue weighted by atomic mass is 19.1. The molecule has 1 aliphatic carbocycles. The van der Waals surface area contributed by atoms with Crippen LogP contribution in [0.4, 0.5) is 10.1 Å². The van der Waals surface area contributed by atoms with Crippen molar-refractivity contribution in [1.82, 2.24) is 30.1 Å². The molecule has 10 heteroatoms. The molecule has 1 saturated heterocycles. The van der Waals surface area contributed by atoms with E-state index in [-0.39, 0.29) is 17.4 Å². The summed E-state index contributed by atoms with van der Waals surface area (Å²) >= 11 is 0. The first-order valence-electron chi connectivity index (χ1n) is 13.4. The second-order valence-electron chi connectivity index (χ2n) is 10.1. The SMILES string of the molecule is CCOc1ccc2[nH]c(=O)c(C(c3nnnn3C3CCCC3)N3CCN(c4ccc(F)cc4)CC3)cc2c1. The molecular weight excluding hydrogens is 485 g/mol. The van der Waals surface area contributed by atoms with Gasteiger partial charge in [0.25, 0.3) is 5.56 Å². The molecule has 0 amide bonds. The second-order valence-corrected chi connectivity index (χ2v) is 10.1. The van der Waals surface area contributed by atoms with Crippen LogP contribution in [0, 0.1) is 5.82 Å². The van der Waals surface area contributed by atoms with Gasteiger partial charge in [-0.25, -0.2) is 9.07 Å². The minimum absolute atomic E-state index is 0.145. The third-order valence-corrected chi connectivity index (χ3v) is 7.75. The standard InChI is InChI=1S/C28H32FN7O2/c1-2-38-23-11-12-25-19(17-23)18-24(28(37)30-25)26(27-31-32-33-36(27)22-5-3-4-6-22)35-15-13-34(14-16-35)21-9-7-20(29)8-10-21/h7-12,17-18,22,26H,2-6,13-16H2,1H3,(H,30,37). The van der Waals surface area contributed by atoms with Gasteiger partial charge in [0, 0.05) is 48.3 Å². The molecule has 0 spiro atoms. The van der Waals surface area contributed by atoms with Gasteiger partial charge in [-0.1, -0.05) is 12.8 Å². The quantitative estimate of drug-likeness (QED) is 0.395. The zero-order chi connectivity index (χ0) is 26.1. The Kier molecular flexibility index (Phi) is 6.80. The fourth-order valence-corrected chi connectivity index (χ4v) is 5.84. The predicted octanol–water partition coefficient (Wildman–Crippen LogP) is 4.08. The number of ether oxygens (including phenoxy) is 1. The number of benzene rings is 2. The molecule has 1 N–H and O–H groups in total. The van der Waals surface area contributed by atoms with E-state index in [1.54, 1.807) is 0 Å². The van der Waals surface area contributed by atoms with Gasteiger partial charge in [0.05, 0.1) is 12.6 Å². The number of piperazine rings is 1. The van der Waals surface area contributed by atoms with E-state index in [1.165, 1.54) is 12.1 Å². The summed E-state index contributed by atoms with van der Waals surface area (Å²) < 4.78 is 21.1. The topological polar surface area (TPSA) is 92.2 Å². The number of fused-ring (bicyclic) bond motifs is 1. The summed E-state index contributed by atoms with van der Waals surface area (Å²) in [5.74, 6) is 1.23. The summed E-state index contributed by atoms with van der Waals surface area (Å²) in [6, 6.07) is 14.1. The van der Waals surface area contributed by atoms with Crippen molar-refractivity contribution in [1.29, 1.82) is 0 Å². The van der Waals surface area contributed by atoms with Crippen LogP contribution in [0.5, 0.6) is 5.75 Å². The van der Waals surface area contributed by atoms with Crippen LogP contribution in [0.25, 0.3) is 10.9 Å². The lowest BCUT2D eigenvalue weighted by Crippen LogP contribution is -2.49. The number of tetrazole rings is 1. The van der Waals surface area contributed by atoms with Gasteiger partial charge >= 0.3 is 0 Å². The molecule has 2 aliphatic rings. The smallest absolute Gasteiger partial charge is 0.253 e. The lowest BCUT2D eigenvalue weighted by molar-refractivity contribution is 0.197. The Balaban J connectivity index is 1.38. The van der Waals surface area contributed by atoms with Crippen molar-refractivity contribution < 1.29 is 9.13 Å². The van der Waals surface area contributed by atoms with Gasteiger partial charge in [0.1, 0.15) is 17.6 Å². The molecule has 6 rings (SSSR count). The van der Waals surface area contributed by atoms with E-state index in [0.717, 1.165) is 61.1 Å². The first kappa shape index (κ1) is 24.5. The molecule has 0 radical (unpaired) electrons. The van der Waals surface area contributed by atoms with Crippen molar-refractivity contribution in [2.75, 3.05) is 37.7 Å². The average molecular weight is 518 g/mol. The van der Waals surface area contributed by atoms with Crippen LogP contribution in [0.3, 0.4) is 0 Å². The maximum atomic E-state index is 13.5. The van der Waals surface area contributed by atoms with E-state index >= 15 is 0 Å². The Bertz CT molecular complexity index is 1450. The van der Waals surface area contributed by atoms with Crippen molar-refractivity contribution in [3.63, 3.8) is 0 Å². The summed E-state index contributed by atoms with van der Waals surface area (Å²) in [6.45, 7) is 5.41. The van der Waals surface area contributed by atoms with Crippen molar-refractivity contribution in [3.8, 4) is 5.75 Å². The maximum Gasteiger partial charge on any atom is 0.253 e. The van der Waals surface area contributed by atoms with Crippen LogP contribution in [-0.4, -0.2) is 62.9 Å². The maximum absolute atomic E-state index is 13.5. The van der Waals surface area contributed by atoms with E-state index in [0.29, 0.717) is 31.1 Å². The van der Waals surface area contributed by atoms with Crippen LogP contribution < -0.4 is 15.2 Å². The normalized spacial score (nSPS) is 17.8. The molecule has 2 aromatic heterocycles. The molecule has 38 heavy (non-hydrogen) atoms. The summed E-state index contributed by atoms with van der Waals surface area (Å²) in [5, 5.41) is 13.9. The molecule has 2 fully saturated rings. The van der Waals surface area contributed by atoms with Gasteiger partial charge in [-0.3, -0.25) is 9.69 Å². The van der Waals surface area contributed by atoms with Crippen LogP contribution in [-0.2, 0) is 0 Å². The largest absolute Gasteiger partial charge is 0.494 e. The second kappa shape index (κ2) is 10.5. The van der Waals surface area contributed by atoms with E-state index in [4.69, 9.17) is 4.74 Å². The number of hydrogen-bond acceptors (Lipinski definition) is 7. The first-order chi connectivity index (χ1) is 18.6. The number of aromatic nitrogens is 5. The zero-order valence-electron chi connectivity index (χ0n) is 21.5.